The summed E-state index contributed by atoms with van der Waals surface area (Å²) < 4.78 is 5.39. The van der Waals surface area contributed by atoms with Crippen LogP contribution in [0.1, 0.15) is 16.7 Å². The average molecular weight is 286 g/mol. The monoisotopic (exact) mass is 286 g/mol. The predicted octanol–water partition coefficient (Wildman–Crippen LogP) is 3.69. The first kappa shape index (κ1) is 14.3. The molecule has 0 aromatic heterocycles. The number of benzene rings is 2. The van der Waals surface area contributed by atoms with Gasteiger partial charge in [0.2, 0.25) is 0 Å². The zero-order valence-corrected chi connectivity index (χ0v) is 12.7. The first-order valence-electron chi connectivity index (χ1n) is 6.34. The number of para-hydroxylation sites is 1. The first-order valence-corrected chi connectivity index (χ1v) is 6.75. The Balaban J connectivity index is 2.50. The highest BCUT2D eigenvalue weighted by molar-refractivity contribution is 7.80. The zero-order chi connectivity index (χ0) is 14.7. The number of thiocarbonyl (C=S) groups is 1. The van der Waals surface area contributed by atoms with E-state index in [4.69, 9.17) is 22.7 Å². The lowest BCUT2D eigenvalue weighted by atomic mass is 10.1. The Kier molecular flexibility index (Phi) is 4.25. The summed E-state index contributed by atoms with van der Waals surface area (Å²) in [5.41, 5.74) is 10.7. The summed E-state index contributed by atoms with van der Waals surface area (Å²) in [6.45, 7) is 4.06. The van der Waals surface area contributed by atoms with Crippen LogP contribution in [-0.4, -0.2) is 12.1 Å². The van der Waals surface area contributed by atoms with Gasteiger partial charge >= 0.3 is 0 Å². The van der Waals surface area contributed by atoms with Gasteiger partial charge in [0.05, 0.1) is 18.5 Å². The van der Waals surface area contributed by atoms with Crippen molar-refractivity contribution >= 4 is 28.6 Å². The molecule has 0 fully saturated rings. The third kappa shape index (κ3) is 2.91. The minimum absolute atomic E-state index is 0.378. The lowest BCUT2D eigenvalue weighted by molar-refractivity contribution is 0.416. The molecule has 0 saturated heterocycles. The van der Waals surface area contributed by atoms with Crippen molar-refractivity contribution in [1.29, 1.82) is 0 Å². The number of anilines is 2. The van der Waals surface area contributed by atoms with E-state index in [1.165, 1.54) is 0 Å². The van der Waals surface area contributed by atoms with Crippen LogP contribution >= 0.6 is 12.2 Å². The summed E-state index contributed by atoms with van der Waals surface area (Å²) in [5.74, 6) is 0.785. The second-order valence-electron chi connectivity index (χ2n) is 4.69. The third-order valence-corrected chi connectivity index (χ3v) is 3.37. The molecule has 0 atom stereocenters. The molecule has 0 spiro atoms. The number of nitrogens with two attached hydrogens (primary N) is 1. The van der Waals surface area contributed by atoms with Gasteiger partial charge in [-0.2, -0.15) is 0 Å². The Labute approximate surface area is 124 Å². The van der Waals surface area contributed by atoms with E-state index in [1.807, 2.05) is 50.2 Å². The van der Waals surface area contributed by atoms with Crippen molar-refractivity contribution in [3.05, 3.63) is 53.1 Å². The van der Waals surface area contributed by atoms with Gasteiger partial charge in [-0.3, -0.25) is 0 Å². The van der Waals surface area contributed by atoms with Crippen molar-refractivity contribution < 1.29 is 4.74 Å². The number of ether oxygens (including phenoxy) is 1. The van der Waals surface area contributed by atoms with E-state index >= 15 is 0 Å². The molecule has 0 aliphatic rings. The summed E-state index contributed by atoms with van der Waals surface area (Å²) in [6, 6.07) is 11.9. The van der Waals surface area contributed by atoms with E-state index in [9.17, 15) is 0 Å². The number of hydrogen-bond donors (Lipinski definition) is 2. The highest BCUT2D eigenvalue weighted by atomic mass is 32.1. The molecule has 2 aromatic carbocycles. The van der Waals surface area contributed by atoms with Crippen LogP contribution in [0.5, 0.6) is 5.75 Å². The standard InChI is InChI=1S/C16H18N2OS/c1-10-7-8-14(19-3)13(9-10)18-15-11(2)5-4-6-12(15)16(17)20/h4-9,18H,1-3H3,(H2,17,20). The fraction of sp³-hybridized carbons (Fsp3) is 0.188. The fourth-order valence-corrected chi connectivity index (χ4v) is 2.26. The SMILES string of the molecule is COc1ccc(C)cc1Nc1c(C)cccc1C(N)=S. The number of methoxy groups -OCH3 is 1. The molecule has 0 aliphatic heterocycles. The second kappa shape index (κ2) is 5.92. The van der Waals surface area contributed by atoms with E-state index in [0.717, 1.165) is 33.8 Å². The molecular formula is C16H18N2OS. The number of nitrogens with one attached hydrogen (secondary N) is 1. The van der Waals surface area contributed by atoms with Crippen LogP contribution in [-0.2, 0) is 0 Å². The van der Waals surface area contributed by atoms with Crippen molar-refractivity contribution in [3.8, 4) is 5.75 Å². The average Bonchev–Trinajstić information content (AvgIpc) is 2.41. The Morgan fingerprint density at radius 2 is 1.95 bits per heavy atom. The molecular weight excluding hydrogens is 268 g/mol. The molecule has 2 aromatic rings. The summed E-state index contributed by atoms with van der Waals surface area (Å²) in [6.07, 6.45) is 0. The molecule has 0 bridgehead atoms. The van der Waals surface area contributed by atoms with Crippen molar-refractivity contribution in [2.75, 3.05) is 12.4 Å². The molecule has 3 nitrogen and oxygen atoms in total. The Hall–Kier alpha value is -2.07. The molecule has 3 N–H and O–H groups in total. The van der Waals surface area contributed by atoms with Gasteiger partial charge in [0.25, 0.3) is 0 Å². The Morgan fingerprint density at radius 3 is 2.60 bits per heavy atom. The van der Waals surface area contributed by atoms with Gasteiger partial charge in [0.1, 0.15) is 10.7 Å². The molecule has 0 aliphatic carbocycles. The minimum atomic E-state index is 0.378. The van der Waals surface area contributed by atoms with Crippen LogP contribution in [0.25, 0.3) is 0 Å². The van der Waals surface area contributed by atoms with Gasteiger partial charge in [0.15, 0.2) is 0 Å². The maximum absolute atomic E-state index is 5.80. The van der Waals surface area contributed by atoms with Gasteiger partial charge in [-0.1, -0.05) is 30.4 Å². The van der Waals surface area contributed by atoms with E-state index in [1.54, 1.807) is 7.11 Å². The fourth-order valence-electron chi connectivity index (χ4n) is 2.09. The van der Waals surface area contributed by atoms with Crippen LogP contribution in [0.2, 0.25) is 0 Å². The molecule has 0 radical (unpaired) electrons. The van der Waals surface area contributed by atoms with Gasteiger partial charge in [0, 0.05) is 5.56 Å². The largest absolute Gasteiger partial charge is 0.495 e. The molecule has 0 amide bonds. The van der Waals surface area contributed by atoms with Crippen molar-refractivity contribution in [2.24, 2.45) is 5.73 Å². The maximum Gasteiger partial charge on any atom is 0.142 e. The maximum atomic E-state index is 5.80. The van der Waals surface area contributed by atoms with Crippen LogP contribution in [0, 0.1) is 13.8 Å². The van der Waals surface area contributed by atoms with E-state index in [2.05, 4.69) is 5.32 Å². The van der Waals surface area contributed by atoms with Crippen LogP contribution in [0.15, 0.2) is 36.4 Å². The quantitative estimate of drug-likeness (QED) is 0.842. The summed E-state index contributed by atoms with van der Waals surface area (Å²) >= 11 is 5.12. The lowest BCUT2D eigenvalue weighted by Crippen LogP contribution is -2.13. The van der Waals surface area contributed by atoms with Crippen LogP contribution in [0.3, 0.4) is 0 Å². The zero-order valence-electron chi connectivity index (χ0n) is 11.9. The summed E-state index contributed by atoms with van der Waals surface area (Å²) in [5, 5.41) is 3.39. The highest BCUT2D eigenvalue weighted by Gasteiger charge is 2.11. The molecule has 2 rings (SSSR count). The highest BCUT2D eigenvalue weighted by Crippen LogP contribution is 2.31. The van der Waals surface area contributed by atoms with Gasteiger partial charge in [-0.25, -0.2) is 0 Å². The Morgan fingerprint density at radius 1 is 1.20 bits per heavy atom. The third-order valence-electron chi connectivity index (χ3n) is 3.15. The smallest absolute Gasteiger partial charge is 0.142 e. The van der Waals surface area contributed by atoms with E-state index in [0.29, 0.717) is 4.99 Å². The second-order valence-corrected chi connectivity index (χ2v) is 5.13. The van der Waals surface area contributed by atoms with Crippen LogP contribution in [0.4, 0.5) is 11.4 Å². The number of aryl methyl sites for hydroxylation is 2. The van der Waals surface area contributed by atoms with Gasteiger partial charge < -0.3 is 15.8 Å². The van der Waals surface area contributed by atoms with Gasteiger partial charge in [-0.15, -0.1) is 0 Å². The molecule has 0 saturated carbocycles. The first-order chi connectivity index (χ1) is 9.52. The number of rotatable bonds is 4. The molecule has 20 heavy (non-hydrogen) atoms. The van der Waals surface area contributed by atoms with Crippen molar-refractivity contribution in [1.82, 2.24) is 0 Å². The summed E-state index contributed by atoms with van der Waals surface area (Å²) in [7, 11) is 1.65. The van der Waals surface area contributed by atoms with Gasteiger partial charge in [-0.05, 0) is 43.2 Å². The van der Waals surface area contributed by atoms with Crippen molar-refractivity contribution in [3.63, 3.8) is 0 Å². The van der Waals surface area contributed by atoms with Crippen LogP contribution < -0.4 is 15.8 Å². The minimum Gasteiger partial charge on any atom is -0.495 e. The lowest BCUT2D eigenvalue weighted by Gasteiger charge is -2.16. The molecule has 0 unspecified atom stereocenters. The molecule has 4 heteroatoms. The van der Waals surface area contributed by atoms with Crippen molar-refractivity contribution in [2.45, 2.75) is 13.8 Å². The molecule has 104 valence electrons. The molecule has 0 heterocycles. The number of hydrogen-bond acceptors (Lipinski definition) is 3. The topological polar surface area (TPSA) is 47.3 Å². The van der Waals surface area contributed by atoms with E-state index in [-0.39, 0.29) is 0 Å². The normalized spacial score (nSPS) is 10.2. The summed E-state index contributed by atoms with van der Waals surface area (Å²) in [4.78, 5) is 0.378. The van der Waals surface area contributed by atoms with E-state index < -0.39 is 0 Å². The Bertz CT molecular complexity index is 653. The predicted molar refractivity (Wildman–Crippen MR) is 88.1 cm³/mol.